The Kier molecular flexibility index (Phi) is 5.89. The lowest BCUT2D eigenvalue weighted by Crippen LogP contribution is -2.40. The van der Waals surface area contributed by atoms with E-state index >= 15 is 0 Å². The zero-order valence-electron chi connectivity index (χ0n) is 13.2. The molecule has 2 rings (SSSR count). The number of nitrogens with two attached hydrogens (primary N) is 1. The number of unbranched alkanes of at least 4 members (excludes halogenated alkanes) is 1. The van der Waals surface area contributed by atoms with E-state index in [1.54, 1.807) is 19.2 Å². The van der Waals surface area contributed by atoms with Crippen LogP contribution in [0.1, 0.15) is 36.5 Å². The largest absolute Gasteiger partial charge is 0.493 e. The molecule has 0 aliphatic carbocycles. The number of amides is 1. The van der Waals surface area contributed by atoms with Gasteiger partial charge in [0.2, 0.25) is 5.75 Å². The quantitative estimate of drug-likeness (QED) is 0.801. The molecule has 0 spiro atoms. The van der Waals surface area contributed by atoms with E-state index in [1.807, 2.05) is 0 Å². The SMILES string of the molecule is CCCCC(CN)NC(=O)c1cc(OC)c2c(c1)OCCO2. The summed E-state index contributed by atoms with van der Waals surface area (Å²) in [6.07, 6.45) is 2.98. The van der Waals surface area contributed by atoms with Crippen LogP contribution in [-0.2, 0) is 0 Å². The van der Waals surface area contributed by atoms with Crippen LogP contribution in [0.4, 0.5) is 0 Å². The molecule has 122 valence electrons. The molecule has 0 saturated heterocycles. The second-order valence-electron chi connectivity index (χ2n) is 5.25. The fourth-order valence-electron chi connectivity index (χ4n) is 2.37. The van der Waals surface area contributed by atoms with Gasteiger partial charge in [0.15, 0.2) is 11.5 Å². The molecule has 1 amide bonds. The van der Waals surface area contributed by atoms with Crippen molar-refractivity contribution in [1.82, 2.24) is 5.32 Å². The zero-order valence-corrected chi connectivity index (χ0v) is 13.2. The van der Waals surface area contributed by atoms with E-state index in [2.05, 4.69) is 12.2 Å². The molecule has 1 aromatic carbocycles. The molecule has 1 unspecified atom stereocenters. The number of benzene rings is 1. The van der Waals surface area contributed by atoms with Crippen LogP contribution < -0.4 is 25.3 Å². The molecule has 0 saturated carbocycles. The number of fused-ring (bicyclic) bond motifs is 1. The fraction of sp³-hybridized carbons (Fsp3) is 0.562. The minimum atomic E-state index is -0.179. The molecule has 3 N–H and O–H groups in total. The third kappa shape index (κ3) is 3.82. The highest BCUT2D eigenvalue weighted by Crippen LogP contribution is 2.40. The van der Waals surface area contributed by atoms with E-state index in [-0.39, 0.29) is 11.9 Å². The average Bonchev–Trinajstić information content (AvgIpc) is 2.57. The summed E-state index contributed by atoms with van der Waals surface area (Å²) in [7, 11) is 1.54. The van der Waals surface area contributed by atoms with Crippen LogP contribution in [0.3, 0.4) is 0 Å². The lowest BCUT2D eigenvalue weighted by molar-refractivity contribution is 0.0934. The number of ether oxygens (including phenoxy) is 3. The first-order valence-corrected chi connectivity index (χ1v) is 7.68. The molecule has 1 aliphatic rings. The van der Waals surface area contributed by atoms with E-state index in [0.717, 1.165) is 19.3 Å². The van der Waals surface area contributed by atoms with E-state index in [4.69, 9.17) is 19.9 Å². The number of carbonyl (C=O) groups excluding carboxylic acids is 1. The zero-order chi connectivity index (χ0) is 15.9. The maximum Gasteiger partial charge on any atom is 0.251 e. The summed E-state index contributed by atoms with van der Waals surface area (Å²) in [5.41, 5.74) is 6.21. The fourth-order valence-corrected chi connectivity index (χ4v) is 2.37. The van der Waals surface area contributed by atoms with Crippen LogP contribution in [0.2, 0.25) is 0 Å². The Morgan fingerprint density at radius 2 is 2.18 bits per heavy atom. The molecule has 0 fully saturated rings. The summed E-state index contributed by atoms with van der Waals surface area (Å²) in [5, 5.41) is 2.96. The van der Waals surface area contributed by atoms with Gasteiger partial charge in [0, 0.05) is 18.2 Å². The van der Waals surface area contributed by atoms with E-state index in [9.17, 15) is 4.79 Å². The van der Waals surface area contributed by atoms with Gasteiger partial charge in [-0.1, -0.05) is 19.8 Å². The van der Waals surface area contributed by atoms with Gasteiger partial charge < -0.3 is 25.3 Å². The Morgan fingerprint density at radius 3 is 2.86 bits per heavy atom. The Morgan fingerprint density at radius 1 is 1.41 bits per heavy atom. The van der Waals surface area contributed by atoms with Gasteiger partial charge in [0.1, 0.15) is 13.2 Å². The van der Waals surface area contributed by atoms with Gasteiger partial charge in [-0.25, -0.2) is 0 Å². The molecule has 1 atom stereocenters. The van der Waals surface area contributed by atoms with Gasteiger partial charge in [-0.05, 0) is 18.6 Å². The maximum absolute atomic E-state index is 12.4. The standard InChI is InChI=1S/C16H24N2O4/c1-3-4-5-12(10-17)18-16(19)11-8-13(20-2)15-14(9-11)21-6-7-22-15/h8-9,12H,3-7,10,17H2,1-2H3,(H,18,19). The number of methoxy groups -OCH3 is 1. The van der Waals surface area contributed by atoms with Crippen LogP contribution >= 0.6 is 0 Å². The summed E-state index contributed by atoms with van der Waals surface area (Å²) >= 11 is 0. The molecule has 0 bridgehead atoms. The number of nitrogens with one attached hydrogen (secondary N) is 1. The minimum Gasteiger partial charge on any atom is -0.493 e. The molecule has 6 heteroatoms. The van der Waals surface area contributed by atoms with Gasteiger partial charge >= 0.3 is 0 Å². The molecule has 1 aliphatic heterocycles. The third-order valence-corrected chi connectivity index (χ3v) is 3.62. The van der Waals surface area contributed by atoms with Crippen molar-refractivity contribution in [3.05, 3.63) is 17.7 Å². The second-order valence-corrected chi connectivity index (χ2v) is 5.25. The van der Waals surface area contributed by atoms with Crippen molar-refractivity contribution in [3.8, 4) is 17.2 Å². The third-order valence-electron chi connectivity index (χ3n) is 3.62. The van der Waals surface area contributed by atoms with Crippen LogP contribution in [0.25, 0.3) is 0 Å². The Hall–Kier alpha value is -1.95. The van der Waals surface area contributed by atoms with Crippen LogP contribution in [0, 0.1) is 0 Å². The van der Waals surface area contributed by atoms with Crippen LogP contribution in [-0.4, -0.2) is 38.8 Å². The molecule has 0 radical (unpaired) electrons. The normalized spacial score (nSPS) is 14.3. The predicted molar refractivity (Wildman–Crippen MR) is 83.8 cm³/mol. The number of rotatable bonds is 7. The smallest absolute Gasteiger partial charge is 0.251 e. The van der Waals surface area contributed by atoms with Crippen molar-refractivity contribution in [2.24, 2.45) is 5.73 Å². The number of hydrogen-bond donors (Lipinski definition) is 2. The molecule has 0 aromatic heterocycles. The first-order valence-electron chi connectivity index (χ1n) is 7.68. The average molecular weight is 308 g/mol. The van der Waals surface area contributed by atoms with Crippen molar-refractivity contribution >= 4 is 5.91 Å². The molecule has 22 heavy (non-hydrogen) atoms. The molecule has 1 heterocycles. The summed E-state index contributed by atoms with van der Waals surface area (Å²) in [5.74, 6) is 1.40. The van der Waals surface area contributed by atoms with Crippen LogP contribution in [0.15, 0.2) is 12.1 Å². The van der Waals surface area contributed by atoms with Crippen molar-refractivity contribution in [3.63, 3.8) is 0 Å². The summed E-state index contributed by atoms with van der Waals surface area (Å²) in [4.78, 5) is 12.4. The van der Waals surface area contributed by atoms with Crippen molar-refractivity contribution in [2.75, 3.05) is 26.9 Å². The van der Waals surface area contributed by atoms with Gasteiger partial charge in [-0.3, -0.25) is 4.79 Å². The van der Waals surface area contributed by atoms with E-state index < -0.39 is 0 Å². The van der Waals surface area contributed by atoms with Crippen LogP contribution in [0.5, 0.6) is 17.2 Å². The molecular weight excluding hydrogens is 284 g/mol. The van der Waals surface area contributed by atoms with E-state index in [1.165, 1.54) is 0 Å². The lowest BCUT2D eigenvalue weighted by atomic mass is 10.1. The van der Waals surface area contributed by atoms with Crippen molar-refractivity contribution < 1.29 is 19.0 Å². The number of carbonyl (C=O) groups is 1. The first-order chi connectivity index (χ1) is 10.7. The van der Waals surface area contributed by atoms with Gasteiger partial charge in [-0.2, -0.15) is 0 Å². The highest BCUT2D eigenvalue weighted by atomic mass is 16.6. The lowest BCUT2D eigenvalue weighted by Gasteiger charge is -2.22. The summed E-state index contributed by atoms with van der Waals surface area (Å²) in [6.45, 7) is 3.47. The molecule has 1 aromatic rings. The maximum atomic E-state index is 12.4. The topological polar surface area (TPSA) is 82.8 Å². The highest BCUT2D eigenvalue weighted by Gasteiger charge is 2.21. The van der Waals surface area contributed by atoms with Crippen molar-refractivity contribution in [1.29, 1.82) is 0 Å². The second kappa shape index (κ2) is 7.89. The highest BCUT2D eigenvalue weighted by molar-refractivity contribution is 5.95. The molecular formula is C16H24N2O4. The predicted octanol–water partition coefficient (Wildman–Crippen LogP) is 1.71. The summed E-state index contributed by atoms with van der Waals surface area (Å²) in [6, 6.07) is 3.32. The minimum absolute atomic E-state index is 0.0216. The Balaban J connectivity index is 2.15. The summed E-state index contributed by atoms with van der Waals surface area (Å²) < 4.78 is 16.4. The van der Waals surface area contributed by atoms with Gasteiger partial charge in [-0.15, -0.1) is 0 Å². The van der Waals surface area contributed by atoms with Gasteiger partial charge in [0.25, 0.3) is 5.91 Å². The molecule has 6 nitrogen and oxygen atoms in total. The van der Waals surface area contributed by atoms with E-state index in [0.29, 0.717) is 42.6 Å². The Bertz CT molecular complexity index is 502. The van der Waals surface area contributed by atoms with Crippen molar-refractivity contribution in [2.45, 2.75) is 32.2 Å². The monoisotopic (exact) mass is 308 g/mol. The first kappa shape index (κ1) is 16.4. The Labute approximate surface area is 130 Å². The number of hydrogen-bond acceptors (Lipinski definition) is 5. The van der Waals surface area contributed by atoms with Gasteiger partial charge in [0.05, 0.1) is 7.11 Å².